The van der Waals surface area contributed by atoms with Crippen molar-refractivity contribution in [1.29, 1.82) is 0 Å². The molecule has 1 atom stereocenters. The summed E-state index contributed by atoms with van der Waals surface area (Å²) >= 11 is 0. The van der Waals surface area contributed by atoms with Gasteiger partial charge in [-0.3, -0.25) is 9.48 Å². The van der Waals surface area contributed by atoms with E-state index >= 15 is 0 Å². The Bertz CT molecular complexity index is 681. The molecule has 1 aromatic heterocycles. The first-order chi connectivity index (χ1) is 11.7. The first-order valence-electron chi connectivity index (χ1n) is 8.31. The van der Waals surface area contributed by atoms with Crippen LogP contribution < -0.4 is 10.1 Å². The molecule has 0 radical (unpaired) electrons. The second kappa shape index (κ2) is 7.49. The van der Waals surface area contributed by atoms with E-state index in [1.165, 1.54) is 0 Å². The summed E-state index contributed by atoms with van der Waals surface area (Å²) in [6.07, 6.45) is 2.38. The minimum absolute atomic E-state index is 0.0662. The van der Waals surface area contributed by atoms with E-state index < -0.39 is 0 Å². The molecule has 6 nitrogen and oxygen atoms in total. The van der Waals surface area contributed by atoms with Crippen molar-refractivity contribution < 1.29 is 9.53 Å². The summed E-state index contributed by atoms with van der Waals surface area (Å²) in [4.78, 5) is 14.7. The van der Waals surface area contributed by atoms with Gasteiger partial charge in [0.25, 0.3) is 0 Å². The number of methoxy groups -OCH3 is 1. The maximum atomic E-state index is 12.7. The van der Waals surface area contributed by atoms with E-state index in [4.69, 9.17) is 4.74 Å². The molecule has 24 heavy (non-hydrogen) atoms. The minimum Gasteiger partial charge on any atom is -0.497 e. The molecule has 1 aromatic carbocycles. The summed E-state index contributed by atoms with van der Waals surface area (Å²) in [7, 11) is 1.66. The summed E-state index contributed by atoms with van der Waals surface area (Å²) in [5.41, 5.74) is 2.10. The number of nitrogens with one attached hydrogen (secondary N) is 1. The van der Waals surface area contributed by atoms with E-state index in [-0.39, 0.29) is 11.9 Å². The Morgan fingerprint density at radius 3 is 2.79 bits per heavy atom. The first-order valence-corrected chi connectivity index (χ1v) is 8.31. The molecule has 0 bridgehead atoms. The molecule has 1 fully saturated rings. The molecule has 128 valence electrons. The van der Waals surface area contributed by atoms with Crippen LogP contribution in [0.5, 0.6) is 5.75 Å². The predicted octanol–water partition coefficient (Wildman–Crippen LogP) is 1.76. The van der Waals surface area contributed by atoms with Crippen molar-refractivity contribution in [2.75, 3.05) is 26.7 Å². The zero-order chi connectivity index (χ0) is 16.9. The largest absolute Gasteiger partial charge is 0.497 e. The summed E-state index contributed by atoms with van der Waals surface area (Å²) in [5, 5.41) is 7.72. The van der Waals surface area contributed by atoms with Crippen LogP contribution in [0.25, 0.3) is 0 Å². The molecule has 0 aliphatic carbocycles. The van der Waals surface area contributed by atoms with Crippen LogP contribution >= 0.6 is 0 Å². The van der Waals surface area contributed by atoms with E-state index in [1.54, 1.807) is 7.11 Å². The molecule has 0 unspecified atom stereocenters. The number of hydrogen-bond acceptors (Lipinski definition) is 4. The van der Waals surface area contributed by atoms with Crippen LogP contribution in [0.4, 0.5) is 0 Å². The highest BCUT2D eigenvalue weighted by molar-refractivity contribution is 5.76. The van der Waals surface area contributed by atoms with Crippen molar-refractivity contribution in [2.24, 2.45) is 0 Å². The van der Waals surface area contributed by atoms with Gasteiger partial charge in [-0.2, -0.15) is 5.10 Å². The quantitative estimate of drug-likeness (QED) is 0.909. The molecule has 1 saturated heterocycles. The number of amides is 1. The van der Waals surface area contributed by atoms with Gasteiger partial charge in [0.1, 0.15) is 5.75 Å². The van der Waals surface area contributed by atoms with Crippen LogP contribution in [0.1, 0.15) is 23.7 Å². The van der Waals surface area contributed by atoms with Gasteiger partial charge < -0.3 is 15.0 Å². The van der Waals surface area contributed by atoms with E-state index in [1.807, 2.05) is 53.0 Å². The van der Waals surface area contributed by atoms with Gasteiger partial charge >= 0.3 is 0 Å². The average Bonchev–Trinajstić information content (AvgIpc) is 3.05. The van der Waals surface area contributed by atoms with Crippen LogP contribution in [0, 0.1) is 6.92 Å². The lowest BCUT2D eigenvalue weighted by molar-refractivity contribution is -0.134. The number of ether oxygens (including phenoxy) is 1. The number of hydrogen-bond donors (Lipinski definition) is 1. The third-order valence-corrected chi connectivity index (χ3v) is 4.39. The molecule has 0 saturated carbocycles. The van der Waals surface area contributed by atoms with E-state index in [0.717, 1.165) is 36.6 Å². The number of aryl methyl sites for hydroxylation is 2. The van der Waals surface area contributed by atoms with Crippen molar-refractivity contribution in [3.05, 3.63) is 47.8 Å². The van der Waals surface area contributed by atoms with E-state index in [9.17, 15) is 4.79 Å². The Hall–Kier alpha value is -2.34. The third-order valence-electron chi connectivity index (χ3n) is 4.39. The third kappa shape index (κ3) is 3.76. The molecule has 1 aliphatic heterocycles. The molecule has 1 aliphatic rings. The highest BCUT2D eigenvalue weighted by atomic mass is 16.5. The van der Waals surface area contributed by atoms with Gasteiger partial charge in [0, 0.05) is 38.8 Å². The molecule has 2 aromatic rings. The molecule has 3 rings (SSSR count). The standard InChI is InChI=1S/C18H24N4O2/c1-14-7-10-21(20-14)11-8-18(23)22-12-9-19-13-17(22)15-3-5-16(24-2)6-4-15/h3-7,10,17,19H,8-9,11-13H2,1-2H3/t17-/m1/s1. The average molecular weight is 328 g/mol. The fourth-order valence-electron chi connectivity index (χ4n) is 3.07. The second-order valence-corrected chi connectivity index (χ2v) is 6.05. The number of carbonyl (C=O) groups excluding carboxylic acids is 1. The van der Waals surface area contributed by atoms with Gasteiger partial charge in [-0.15, -0.1) is 0 Å². The van der Waals surface area contributed by atoms with E-state index in [2.05, 4.69) is 10.4 Å². The zero-order valence-corrected chi connectivity index (χ0v) is 14.2. The van der Waals surface area contributed by atoms with Crippen LogP contribution in [0.2, 0.25) is 0 Å². The minimum atomic E-state index is 0.0662. The summed E-state index contributed by atoms with van der Waals surface area (Å²) < 4.78 is 7.05. The zero-order valence-electron chi connectivity index (χ0n) is 14.2. The molecule has 1 amide bonds. The Kier molecular flexibility index (Phi) is 5.15. The van der Waals surface area contributed by atoms with Crippen LogP contribution in [0.15, 0.2) is 36.5 Å². The molecular weight excluding hydrogens is 304 g/mol. The topological polar surface area (TPSA) is 59.4 Å². The lowest BCUT2D eigenvalue weighted by atomic mass is 10.0. The number of nitrogens with zero attached hydrogens (tertiary/aromatic N) is 3. The number of benzene rings is 1. The predicted molar refractivity (Wildman–Crippen MR) is 91.9 cm³/mol. The normalized spacial score (nSPS) is 17.8. The van der Waals surface area contributed by atoms with Gasteiger partial charge in [-0.1, -0.05) is 12.1 Å². The lowest BCUT2D eigenvalue weighted by Gasteiger charge is -2.36. The van der Waals surface area contributed by atoms with Gasteiger partial charge in [-0.05, 0) is 30.7 Å². The number of piperazine rings is 1. The Morgan fingerprint density at radius 1 is 1.33 bits per heavy atom. The van der Waals surface area contributed by atoms with Crippen molar-refractivity contribution in [2.45, 2.75) is 25.9 Å². The van der Waals surface area contributed by atoms with Crippen molar-refractivity contribution in [1.82, 2.24) is 20.0 Å². The van der Waals surface area contributed by atoms with E-state index in [0.29, 0.717) is 13.0 Å². The molecule has 0 spiro atoms. The maximum absolute atomic E-state index is 12.7. The second-order valence-electron chi connectivity index (χ2n) is 6.05. The molecule has 2 heterocycles. The summed E-state index contributed by atoms with van der Waals surface area (Å²) in [6, 6.07) is 9.98. The monoisotopic (exact) mass is 328 g/mol. The maximum Gasteiger partial charge on any atom is 0.225 e. The highest BCUT2D eigenvalue weighted by Crippen LogP contribution is 2.25. The fourth-order valence-corrected chi connectivity index (χ4v) is 3.07. The SMILES string of the molecule is COc1ccc([C@H]2CNCCN2C(=O)CCn2ccc(C)n2)cc1. The number of aromatic nitrogens is 2. The number of rotatable bonds is 5. The van der Waals surface area contributed by atoms with Crippen LogP contribution in [-0.4, -0.2) is 47.3 Å². The Labute approximate surface area is 142 Å². The van der Waals surface area contributed by atoms with Crippen LogP contribution in [0.3, 0.4) is 0 Å². The molecular formula is C18H24N4O2. The van der Waals surface area contributed by atoms with Gasteiger partial charge in [0.15, 0.2) is 0 Å². The van der Waals surface area contributed by atoms with Crippen molar-refractivity contribution in [3.8, 4) is 5.75 Å². The van der Waals surface area contributed by atoms with Gasteiger partial charge in [-0.25, -0.2) is 0 Å². The Balaban J connectivity index is 1.67. The smallest absolute Gasteiger partial charge is 0.225 e. The molecule has 1 N–H and O–H groups in total. The number of carbonyl (C=O) groups is 1. The van der Waals surface area contributed by atoms with Gasteiger partial charge in [0.05, 0.1) is 18.8 Å². The van der Waals surface area contributed by atoms with Crippen molar-refractivity contribution in [3.63, 3.8) is 0 Å². The lowest BCUT2D eigenvalue weighted by Crippen LogP contribution is -2.48. The Morgan fingerprint density at radius 2 is 2.12 bits per heavy atom. The summed E-state index contributed by atoms with van der Waals surface area (Å²) in [5.74, 6) is 1.000. The van der Waals surface area contributed by atoms with Crippen LogP contribution in [-0.2, 0) is 11.3 Å². The summed E-state index contributed by atoms with van der Waals surface area (Å²) in [6.45, 7) is 4.91. The first kappa shape index (κ1) is 16.5. The molecule has 6 heteroatoms. The fraction of sp³-hybridized carbons (Fsp3) is 0.444. The van der Waals surface area contributed by atoms with Crippen molar-refractivity contribution >= 4 is 5.91 Å². The van der Waals surface area contributed by atoms with Gasteiger partial charge in [0.2, 0.25) is 5.91 Å². The highest BCUT2D eigenvalue weighted by Gasteiger charge is 2.27.